The van der Waals surface area contributed by atoms with Gasteiger partial charge in [-0.1, -0.05) is 11.6 Å². The normalized spacial score (nSPS) is 10.5. The molecule has 0 aromatic carbocycles. The Labute approximate surface area is 73.0 Å². The van der Waals surface area contributed by atoms with Crippen molar-refractivity contribution in [2.45, 2.75) is 0 Å². The molecule has 0 unspecified atom stereocenters. The number of hydrogen-bond acceptors (Lipinski definition) is 2. The molecule has 0 saturated carbocycles. The van der Waals surface area contributed by atoms with Gasteiger partial charge in [0.1, 0.15) is 5.15 Å². The third-order valence-corrected chi connectivity index (χ3v) is 1.72. The van der Waals surface area contributed by atoms with Crippen LogP contribution in [0.1, 0.15) is 0 Å². The van der Waals surface area contributed by atoms with Crippen LogP contribution in [-0.4, -0.2) is 9.97 Å². The summed E-state index contributed by atoms with van der Waals surface area (Å²) in [4.78, 5) is 7.41. The van der Waals surface area contributed by atoms with Gasteiger partial charge in [-0.15, -0.1) is 0 Å². The minimum absolute atomic E-state index is 0.355. The van der Waals surface area contributed by atoms with Crippen molar-refractivity contribution in [1.82, 2.24) is 9.97 Å². The fraction of sp³-hybridized carbons (Fsp3) is 0. The van der Waals surface area contributed by atoms with Gasteiger partial charge in [0, 0.05) is 17.6 Å². The van der Waals surface area contributed by atoms with Crippen molar-refractivity contribution in [2.75, 3.05) is 0 Å². The Hall–Kier alpha value is -1.22. The van der Waals surface area contributed by atoms with E-state index in [-0.39, 0.29) is 0 Å². The Morgan fingerprint density at radius 1 is 1.33 bits per heavy atom. The highest BCUT2D eigenvalue weighted by Crippen LogP contribution is 2.14. The molecule has 0 spiro atoms. The quantitative estimate of drug-likeness (QED) is 0.585. The molecule has 2 aromatic rings. The minimum Gasteiger partial charge on any atom is -0.236 e. The molecule has 2 rings (SSSR count). The van der Waals surface area contributed by atoms with Crippen molar-refractivity contribution in [3.05, 3.63) is 35.5 Å². The van der Waals surface area contributed by atoms with Crippen molar-refractivity contribution >= 4 is 22.5 Å². The lowest BCUT2D eigenvalue weighted by molar-refractivity contribution is 0.586. The van der Waals surface area contributed by atoms with Crippen LogP contribution in [0.25, 0.3) is 10.9 Å². The molecule has 0 amide bonds. The molecule has 0 bridgehead atoms. The predicted molar refractivity (Wildman–Crippen MR) is 44.5 cm³/mol. The molecule has 0 atom stereocenters. The van der Waals surface area contributed by atoms with Crippen LogP contribution in [0.4, 0.5) is 4.39 Å². The molecule has 0 N–H and O–H groups in total. The lowest BCUT2D eigenvalue weighted by Gasteiger charge is -1.95. The van der Waals surface area contributed by atoms with E-state index in [1.54, 1.807) is 12.1 Å². The van der Waals surface area contributed by atoms with Gasteiger partial charge in [0.2, 0.25) is 5.95 Å². The van der Waals surface area contributed by atoms with Crippen molar-refractivity contribution in [1.29, 1.82) is 0 Å². The van der Waals surface area contributed by atoms with E-state index < -0.39 is 5.95 Å². The summed E-state index contributed by atoms with van der Waals surface area (Å²) in [6.45, 7) is 0. The number of pyridine rings is 2. The summed E-state index contributed by atoms with van der Waals surface area (Å²) < 4.78 is 12.6. The van der Waals surface area contributed by atoms with E-state index in [0.29, 0.717) is 10.7 Å². The summed E-state index contributed by atoms with van der Waals surface area (Å²) in [7, 11) is 0. The first kappa shape index (κ1) is 7.43. The zero-order valence-electron chi connectivity index (χ0n) is 5.96. The van der Waals surface area contributed by atoms with Gasteiger partial charge in [-0.05, 0) is 12.1 Å². The second-order valence-corrected chi connectivity index (χ2v) is 2.72. The van der Waals surface area contributed by atoms with Crippen molar-refractivity contribution < 1.29 is 4.39 Å². The lowest BCUT2D eigenvalue weighted by Crippen LogP contribution is -1.84. The summed E-state index contributed by atoms with van der Waals surface area (Å²) in [5.74, 6) is -0.544. The van der Waals surface area contributed by atoms with E-state index in [4.69, 9.17) is 11.6 Å². The number of nitrogens with zero attached hydrogens (tertiary/aromatic N) is 2. The summed E-state index contributed by atoms with van der Waals surface area (Å²) in [5, 5.41) is 1.13. The summed E-state index contributed by atoms with van der Waals surface area (Å²) in [6.07, 6.45) is 1.42. The molecule has 0 radical (unpaired) electrons. The molecule has 2 aromatic heterocycles. The van der Waals surface area contributed by atoms with Gasteiger partial charge >= 0.3 is 0 Å². The summed E-state index contributed by atoms with van der Waals surface area (Å²) >= 11 is 5.62. The van der Waals surface area contributed by atoms with Crippen LogP contribution in [0.5, 0.6) is 0 Å². The van der Waals surface area contributed by atoms with E-state index in [9.17, 15) is 4.39 Å². The number of hydrogen-bond donors (Lipinski definition) is 0. The van der Waals surface area contributed by atoms with Crippen molar-refractivity contribution in [2.24, 2.45) is 0 Å². The molecule has 0 aliphatic rings. The van der Waals surface area contributed by atoms with E-state index in [1.165, 1.54) is 12.3 Å². The zero-order chi connectivity index (χ0) is 8.55. The Balaban J connectivity index is 2.80. The molecule has 0 aliphatic heterocycles. The molecule has 2 nitrogen and oxygen atoms in total. The SMILES string of the molecule is Fc1cc2nc(Cl)ccc2cn1. The smallest absolute Gasteiger partial charge is 0.214 e. The Morgan fingerprint density at radius 2 is 2.17 bits per heavy atom. The summed E-state index contributed by atoms with van der Waals surface area (Å²) in [5.41, 5.74) is 0.523. The number of halogens is 2. The number of rotatable bonds is 0. The molecule has 0 fully saturated rings. The van der Waals surface area contributed by atoms with Crippen LogP contribution >= 0.6 is 11.6 Å². The fourth-order valence-electron chi connectivity index (χ4n) is 0.967. The van der Waals surface area contributed by atoms with Crippen LogP contribution < -0.4 is 0 Å². The van der Waals surface area contributed by atoms with E-state index in [1.807, 2.05) is 0 Å². The first-order valence-corrected chi connectivity index (χ1v) is 3.71. The molecular weight excluding hydrogens is 179 g/mol. The highest BCUT2D eigenvalue weighted by Gasteiger charge is 1.98. The Bertz CT molecular complexity index is 394. The van der Waals surface area contributed by atoms with E-state index >= 15 is 0 Å². The van der Waals surface area contributed by atoms with E-state index in [0.717, 1.165) is 5.39 Å². The van der Waals surface area contributed by atoms with Crippen LogP contribution in [0.15, 0.2) is 24.4 Å². The average Bonchev–Trinajstić information content (AvgIpc) is 2.03. The maximum Gasteiger partial charge on any atom is 0.214 e. The minimum atomic E-state index is -0.544. The largest absolute Gasteiger partial charge is 0.236 e. The molecule has 60 valence electrons. The predicted octanol–water partition coefficient (Wildman–Crippen LogP) is 2.42. The van der Waals surface area contributed by atoms with Crippen LogP contribution in [0.2, 0.25) is 5.15 Å². The molecule has 12 heavy (non-hydrogen) atoms. The zero-order valence-corrected chi connectivity index (χ0v) is 6.72. The number of fused-ring (bicyclic) bond motifs is 1. The van der Waals surface area contributed by atoms with Gasteiger partial charge in [0.25, 0.3) is 0 Å². The molecule has 2 heterocycles. The van der Waals surface area contributed by atoms with Gasteiger partial charge < -0.3 is 0 Å². The highest BCUT2D eigenvalue weighted by molar-refractivity contribution is 6.29. The van der Waals surface area contributed by atoms with Gasteiger partial charge in [-0.2, -0.15) is 4.39 Å². The first-order valence-electron chi connectivity index (χ1n) is 3.33. The maximum absolute atomic E-state index is 12.6. The van der Waals surface area contributed by atoms with Gasteiger partial charge in [-0.3, -0.25) is 0 Å². The van der Waals surface area contributed by atoms with Gasteiger partial charge in [-0.25, -0.2) is 9.97 Å². The van der Waals surface area contributed by atoms with Crippen LogP contribution in [-0.2, 0) is 0 Å². The first-order chi connectivity index (χ1) is 5.75. The average molecular weight is 183 g/mol. The lowest BCUT2D eigenvalue weighted by atomic mass is 10.3. The number of aromatic nitrogens is 2. The van der Waals surface area contributed by atoms with Crippen LogP contribution in [0.3, 0.4) is 0 Å². The fourth-order valence-corrected chi connectivity index (χ4v) is 1.12. The van der Waals surface area contributed by atoms with Gasteiger partial charge in [0.15, 0.2) is 0 Å². The standard InChI is InChI=1S/C8H4ClFN2/c9-7-2-1-5-4-11-8(10)3-6(5)12-7/h1-4H. The maximum atomic E-state index is 12.6. The van der Waals surface area contributed by atoms with Crippen molar-refractivity contribution in [3.8, 4) is 0 Å². The molecule has 0 saturated heterocycles. The molecular formula is C8H4ClFN2. The second-order valence-electron chi connectivity index (χ2n) is 2.33. The second kappa shape index (κ2) is 2.68. The molecule has 0 aliphatic carbocycles. The highest BCUT2D eigenvalue weighted by atomic mass is 35.5. The topological polar surface area (TPSA) is 25.8 Å². The Kier molecular flexibility index (Phi) is 1.66. The molecule has 4 heteroatoms. The monoisotopic (exact) mass is 182 g/mol. The van der Waals surface area contributed by atoms with Gasteiger partial charge in [0.05, 0.1) is 5.52 Å². The van der Waals surface area contributed by atoms with E-state index in [2.05, 4.69) is 9.97 Å². The van der Waals surface area contributed by atoms with Crippen molar-refractivity contribution in [3.63, 3.8) is 0 Å². The Morgan fingerprint density at radius 3 is 3.00 bits per heavy atom. The third-order valence-electron chi connectivity index (χ3n) is 1.51. The summed E-state index contributed by atoms with van der Waals surface area (Å²) in [6, 6.07) is 4.64. The van der Waals surface area contributed by atoms with Crippen LogP contribution in [0, 0.1) is 5.95 Å². The third kappa shape index (κ3) is 1.23.